The molecule has 0 amide bonds. The maximum absolute atomic E-state index is 2.42. The Morgan fingerprint density at radius 1 is 0.283 bits per heavy atom. The highest BCUT2D eigenvalue weighted by Crippen LogP contribution is 2.54. The molecule has 0 spiro atoms. The van der Waals surface area contributed by atoms with Gasteiger partial charge in [0.05, 0.1) is 0 Å². The van der Waals surface area contributed by atoms with E-state index in [-0.39, 0.29) is 5.92 Å². The predicted molar refractivity (Wildman–Crippen MR) is 224 cm³/mol. The standard InChI is InChI=1S/C51H36N2/c1-5-19-38(20-6-1)52(39-21-7-2-8-22-39)42-29-31-46-48(34-42)49-35-43(53(40-23-9-3-10-24-40)41-25-11-4-12-26-41)30-32-47(49)51(46)50-44-27-15-13-17-36(44)33-37-18-14-16-28-45(37)50/h1-35,51H. The third kappa shape index (κ3) is 5.35. The third-order valence-electron chi connectivity index (χ3n) is 10.7. The van der Waals surface area contributed by atoms with E-state index in [1.807, 2.05) is 0 Å². The maximum atomic E-state index is 2.42. The van der Waals surface area contributed by atoms with Crippen molar-refractivity contribution in [1.29, 1.82) is 0 Å². The fraction of sp³-hybridized carbons (Fsp3) is 0.0196. The summed E-state index contributed by atoms with van der Waals surface area (Å²) >= 11 is 0. The van der Waals surface area contributed by atoms with Crippen LogP contribution in [-0.4, -0.2) is 0 Å². The van der Waals surface area contributed by atoms with Crippen molar-refractivity contribution in [1.82, 2.24) is 0 Å². The second-order valence-corrected chi connectivity index (χ2v) is 13.7. The van der Waals surface area contributed by atoms with Crippen molar-refractivity contribution in [3.63, 3.8) is 0 Å². The van der Waals surface area contributed by atoms with E-state index in [0.29, 0.717) is 0 Å². The lowest BCUT2D eigenvalue weighted by molar-refractivity contribution is 1.04. The van der Waals surface area contributed by atoms with E-state index in [4.69, 9.17) is 0 Å². The van der Waals surface area contributed by atoms with Gasteiger partial charge in [-0.15, -0.1) is 0 Å². The second-order valence-electron chi connectivity index (χ2n) is 13.7. The van der Waals surface area contributed by atoms with E-state index in [2.05, 4.69) is 222 Å². The fourth-order valence-corrected chi connectivity index (χ4v) is 8.38. The molecule has 0 aromatic heterocycles. The van der Waals surface area contributed by atoms with Gasteiger partial charge in [0.2, 0.25) is 0 Å². The van der Waals surface area contributed by atoms with Crippen molar-refractivity contribution in [2.75, 3.05) is 9.80 Å². The van der Waals surface area contributed by atoms with E-state index >= 15 is 0 Å². The molecule has 0 heterocycles. The summed E-state index contributed by atoms with van der Waals surface area (Å²) in [6.45, 7) is 0. The Kier molecular flexibility index (Phi) is 7.58. The molecule has 0 bridgehead atoms. The van der Waals surface area contributed by atoms with Gasteiger partial charge in [-0.1, -0.05) is 133 Å². The summed E-state index contributed by atoms with van der Waals surface area (Å²) in [5.41, 5.74) is 13.3. The summed E-state index contributed by atoms with van der Waals surface area (Å²) in [4.78, 5) is 4.73. The highest BCUT2D eigenvalue weighted by molar-refractivity contribution is 6.05. The molecule has 0 fully saturated rings. The van der Waals surface area contributed by atoms with E-state index in [0.717, 1.165) is 34.1 Å². The molecule has 1 aliphatic rings. The fourth-order valence-electron chi connectivity index (χ4n) is 8.38. The Hall–Kier alpha value is -6.90. The Morgan fingerprint density at radius 2 is 0.623 bits per heavy atom. The van der Waals surface area contributed by atoms with Crippen molar-refractivity contribution in [3.8, 4) is 11.1 Å². The van der Waals surface area contributed by atoms with E-state index < -0.39 is 0 Å². The van der Waals surface area contributed by atoms with Gasteiger partial charge in [0.1, 0.15) is 0 Å². The van der Waals surface area contributed by atoms with E-state index in [9.17, 15) is 0 Å². The lowest BCUT2D eigenvalue weighted by Crippen LogP contribution is -2.10. The van der Waals surface area contributed by atoms with Crippen LogP contribution >= 0.6 is 0 Å². The molecule has 9 aromatic rings. The Bertz CT molecular complexity index is 2460. The maximum Gasteiger partial charge on any atom is 0.0468 e. The van der Waals surface area contributed by atoms with E-state index in [1.54, 1.807) is 0 Å². The van der Waals surface area contributed by atoms with Crippen LogP contribution in [0.15, 0.2) is 212 Å². The molecular weight excluding hydrogens is 641 g/mol. The molecule has 250 valence electrons. The minimum atomic E-state index is 0.0582. The number of rotatable bonds is 7. The summed E-state index contributed by atoms with van der Waals surface area (Å²) < 4.78 is 0. The molecule has 10 rings (SSSR count). The highest BCUT2D eigenvalue weighted by Gasteiger charge is 2.34. The molecule has 2 heteroatoms. The van der Waals surface area contributed by atoms with Crippen LogP contribution in [0.4, 0.5) is 34.1 Å². The molecule has 2 nitrogen and oxygen atoms in total. The molecule has 0 saturated carbocycles. The predicted octanol–water partition coefficient (Wildman–Crippen LogP) is 14.1. The van der Waals surface area contributed by atoms with Crippen molar-refractivity contribution in [3.05, 3.63) is 229 Å². The van der Waals surface area contributed by atoms with Gasteiger partial charge in [0.15, 0.2) is 0 Å². The number of nitrogens with zero attached hydrogens (tertiary/aromatic N) is 2. The molecule has 0 radical (unpaired) electrons. The first-order chi connectivity index (χ1) is 26.3. The summed E-state index contributed by atoms with van der Waals surface area (Å²) in [5.74, 6) is 0.0582. The van der Waals surface area contributed by atoms with Gasteiger partial charge in [-0.3, -0.25) is 0 Å². The largest absolute Gasteiger partial charge is 0.310 e. The first kappa shape index (κ1) is 30.9. The van der Waals surface area contributed by atoms with Gasteiger partial charge < -0.3 is 9.80 Å². The molecule has 53 heavy (non-hydrogen) atoms. The van der Waals surface area contributed by atoms with Crippen molar-refractivity contribution >= 4 is 55.7 Å². The quantitative estimate of drug-likeness (QED) is 0.155. The van der Waals surface area contributed by atoms with Crippen LogP contribution in [0.1, 0.15) is 22.6 Å². The third-order valence-corrected chi connectivity index (χ3v) is 10.7. The van der Waals surface area contributed by atoms with Crippen LogP contribution in [0.2, 0.25) is 0 Å². The Morgan fingerprint density at radius 3 is 1.00 bits per heavy atom. The average Bonchev–Trinajstić information content (AvgIpc) is 3.54. The van der Waals surface area contributed by atoms with Gasteiger partial charge in [0.25, 0.3) is 0 Å². The van der Waals surface area contributed by atoms with Gasteiger partial charge in [-0.05, 0) is 128 Å². The van der Waals surface area contributed by atoms with Gasteiger partial charge in [-0.2, -0.15) is 0 Å². The zero-order valence-electron chi connectivity index (χ0n) is 29.2. The minimum Gasteiger partial charge on any atom is -0.310 e. The lowest BCUT2D eigenvalue weighted by Gasteiger charge is -2.27. The molecule has 0 N–H and O–H groups in total. The summed E-state index contributed by atoms with van der Waals surface area (Å²) in [7, 11) is 0. The Labute approximate surface area is 310 Å². The summed E-state index contributed by atoms with van der Waals surface area (Å²) in [6, 6.07) is 77.1. The molecule has 9 aromatic carbocycles. The molecule has 0 atom stereocenters. The van der Waals surface area contributed by atoms with Crippen LogP contribution in [0.5, 0.6) is 0 Å². The van der Waals surface area contributed by atoms with Crippen LogP contribution in [0.3, 0.4) is 0 Å². The molecule has 0 aliphatic heterocycles. The topological polar surface area (TPSA) is 6.48 Å². The number of hydrogen-bond acceptors (Lipinski definition) is 2. The number of anilines is 6. The van der Waals surface area contributed by atoms with Crippen LogP contribution in [0, 0.1) is 0 Å². The number of para-hydroxylation sites is 4. The van der Waals surface area contributed by atoms with Gasteiger partial charge in [-0.25, -0.2) is 0 Å². The monoisotopic (exact) mass is 676 g/mol. The first-order valence-electron chi connectivity index (χ1n) is 18.3. The summed E-state index contributed by atoms with van der Waals surface area (Å²) in [6.07, 6.45) is 0. The average molecular weight is 677 g/mol. The SMILES string of the molecule is c1ccc(N(c2ccccc2)c2ccc3c(c2)-c2cc(N(c4ccccc4)c4ccccc4)ccc2C3c2c3ccccc3cc3ccccc23)cc1. The van der Waals surface area contributed by atoms with Crippen molar-refractivity contribution in [2.24, 2.45) is 0 Å². The van der Waals surface area contributed by atoms with Crippen LogP contribution in [0.25, 0.3) is 32.7 Å². The number of hydrogen-bond donors (Lipinski definition) is 0. The molecule has 0 saturated heterocycles. The van der Waals surface area contributed by atoms with Gasteiger partial charge >= 0.3 is 0 Å². The minimum absolute atomic E-state index is 0.0582. The van der Waals surface area contributed by atoms with Crippen molar-refractivity contribution in [2.45, 2.75) is 5.92 Å². The first-order valence-corrected chi connectivity index (χ1v) is 18.3. The second kappa shape index (κ2) is 13.0. The summed E-state index contributed by atoms with van der Waals surface area (Å²) in [5, 5.41) is 5.13. The molecule has 0 unspecified atom stereocenters. The molecule has 1 aliphatic carbocycles. The Balaban J connectivity index is 1.24. The van der Waals surface area contributed by atoms with Crippen LogP contribution in [-0.2, 0) is 0 Å². The normalized spacial score (nSPS) is 12.1. The molecular formula is C51H36N2. The van der Waals surface area contributed by atoms with Crippen molar-refractivity contribution < 1.29 is 0 Å². The zero-order chi connectivity index (χ0) is 35.1. The van der Waals surface area contributed by atoms with E-state index in [1.165, 1.54) is 49.4 Å². The lowest BCUT2D eigenvalue weighted by atomic mass is 9.83. The van der Waals surface area contributed by atoms with Gasteiger partial charge in [0, 0.05) is 40.0 Å². The smallest absolute Gasteiger partial charge is 0.0468 e. The number of fused-ring (bicyclic) bond motifs is 5. The zero-order valence-corrected chi connectivity index (χ0v) is 29.2. The highest BCUT2D eigenvalue weighted by atomic mass is 15.1. The number of benzene rings is 9. The van der Waals surface area contributed by atoms with Crippen LogP contribution < -0.4 is 9.80 Å².